The molecule has 2 aromatic heterocycles. The van der Waals surface area contributed by atoms with Crippen molar-refractivity contribution in [1.29, 1.82) is 0 Å². The van der Waals surface area contributed by atoms with Crippen LogP contribution in [0.3, 0.4) is 0 Å². The summed E-state index contributed by atoms with van der Waals surface area (Å²) in [6.45, 7) is 4.21. The van der Waals surface area contributed by atoms with Gasteiger partial charge in [-0.3, -0.25) is 4.98 Å². The van der Waals surface area contributed by atoms with E-state index in [0.717, 1.165) is 36.7 Å². The zero-order chi connectivity index (χ0) is 11.7. The van der Waals surface area contributed by atoms with E-state index in [-0.39, 0.29) is 5.41 Å². The monoisotopic (exact) mass is 250 g/mol. The van der Waals surface area contributed by atoms with E-state index >= 15 is 0 Å². The minimum atomic E-state index is 0.0151. The Bertz CT molecular complexity index is 487. The zero-order valence-corrected chi connectivity index (χ0v) is 10.5. The van der Waals surface area contributed by atoms with Gasteiger partial charge in [0, 0.05) is 11.6 Å². The highest BCUT2D eigenvalue weighted by Gasteiger charge is 2.34. The van der Waals surface area contributed by atoms with Gasteiger partial charge in [0.15, 0.2) is 0 Å². The molecular weight excluding hydrogens is 236 g/mol. The molecule has 1 aliphatic rings. The number of nitrogens with zero attached hydrogens (tertiary/aromatic N) is 3. The second kappa shape index (κ2) is 4.19. The first-order valence-corrected chi connectivity index (χ1v) is 6.60. The van der Waals surface area contributed by atoms with Crippen LogP contribution in [0.25, 0.3) is 10.7 Å². The molecule has 3 heterocycles. The van der Waals surface area contributed by atoms with Crippen LogP contribution in [0.15, 0.2) is 16.2 Å². The van der Waals surface area contributed by atoms with Crippen molar-refractivity contribution in [3.05, 3.63) is 17.6 Å². The molecular formula is C11H14N4OS. The predicted octanol–water partition coefficient (Wildman–Crippen LogP) is 1.83. The van der Waals surface area contributed by atoms with Crippen molar-refractivity contribution in [3.8, 4) is 10.7 Å². The van der Waals surface area contributed by atoms with Gasteiger partial charge in [0.2, 0.25) is 11.7 Å². The summed E-state index contributed by atoms with van der Waals surface area (Å²) in [6, 6.07) is 0. The summed E-state index contributed by atoms with van der Waals surface area (Å²) in [5.74, 6) is 1.41. The van der Waals surface area contributed by atoms with Crippen LogP contribution in [0.2, 0.25) is 0 Å². The van der Waals surface area contributed by atoms with E-state index in [2.05, 4.69) is 27.4 Å². The molecule has 17 heavy (non-hydrogen) atoms. The van der Waals surface area contributed by atoms with E-state index in [1.54, 1.807) is 11.7 Å². The molecule has 0 unspecified atom stereocenters. The average molecular weight is 250 g/mol. The Balaban J connectivity index is 1.89. The minimum Gasteiger partial charge on any atom is -0.338 e. The smallest absolute Gasteiger partial charge is 0.233 e. The number of aromatic nitrogens is 3. The molecule has 0 atom stereocenters. The van der Waals surface area contributed by atoms with Crippen LogP contribution < -0.4 is 5.32 Å². The van der Waals surface area contributed by atoms with Crippen molar-refractivity contribution in [2.45, 2.75) is 25.2 Å². The van der Waals surface area contributed by atoms with Gasteiger partial charge < -0.3 is 9.84 Å². The third kappa shape index (κ3) is 1.98. The Morgan fingerprint density at radius 3 is 2.94 bits per heavy atom. The fraction of sp³-hybridized carbons (Fsp3) is 0.545. The molecule has 3 rings (SSSR count). The summed E-state index contributed by atoms with van der Waals surface area (Å²) < 4.78 is 5.42. The summed E-state index contributed by atoms with van der Waals surface area (Å²) in [7, 11) is 0. The maximum atomic E-state index is 5.42. The average Bonchev–Trinajstić information content (AvgIpc) is 3.01. The molecule has 5 nitrogen and oxygen atoms in total. The van der Waals surface area contributed by atoms with Crippen molar-refractivity contribution in [2.75, 3.05) is 13.1 Å². The third-order valence-electron chi connectivity index (χ3n) is 3.30. The summed E-state index contributed by atoms with van der Waals surface area (Å²) in [6.07, 6.45) is 3.85. The van der Waals surface area contributed by atoms with Crippen molar-refractivity contribution in [3.63, 3.8) is 0 Å². The lowest BCUT2D eigenvalue weighted by Gasteiger charge is -2.30. The summed E-state index contributed by atoms with van der Waals surface area (Å²) in [5.41, 5.74) is 1.79. The molecule has 6 heteroatoms. The van der Waals surface area contributed by atoms with Gasteiger partial charge in [0.1, 0.15) is 0 Å². The highest BCUT2D eigenvalue weighted by atomic mass is 32.1. The van der Waals surface area contributed by atoms with E-state index in [1.807, 2.05) is 0 Å². The Labute approximate surface area is 103 Å². The number of rotatable bonds is 2. The van der Waals surface area contributed by atoms with Gasteiger partial charge in [0.05, 0.1) is 10.4 Å². The van der Waals surface area contributed by atoms with Gasteiger partial charge in [0.25, 0.3) is 0 Å². The minimum absolute atomic E-state index is 0.0151. The molecule has 0 saturated carbocycles. The van der Waals surface area contributed by atoms with E-state index in [0.29, 0.717) is 5.82 Å². The van der Waals surface area contributed by atoms with E-state index < -0.39 is 0 Å². The predicted molar refractivity (Wildman–Crippen MR) is 64.9 cm³/mol. The lowest BCUT2D eigenvalue weighted by molar-refractivity contribution is 0.241. The fourth-order valence-corrected chi connectivity index (χ4v) is 2.63. The van der Waals surface area contributed by atoms with Gasteiger partial charge in [-0.15, -0.1) is 11.3 Å². The Morgan fingerprint density at radius 1 is 1.41 bits per heavy atom. The Morgan fingerprint density at radius 2 is 2.24 bits per heavy atom. The van der Waals surface area contributed by atoms with Crippen molar-refractivity contribution >= 4 is 11.3 Å². The van der Waals surface area contributed by atoms with Crippen LogP contribution in [-0.4, -0.2) is 28.2 Å². The number of thiazole rings is 1. The molecule has 0 aromatic carbocycles. The number of hydrogen-bond acceptors (Lipinski definition) is 6. The molecule has 0 bridgehead atoms. The van der Waals surface area contributed by atoms with E-state index in [1.165, 1.54) is 11.3 Å². The van der Waals surface area contributed by atoms with Gasteiger partial charge in [-0.2, -0.15) is 4.98 Å². The SMILES string of the molecule is CC1(c2nc(-c3cncs3)no2)CCNCC1. The van der Waals surface area contributed by atoms with Crippen LogP contribution in [0.1, 0.15) is 25.7 Å². The summed E-state index contributed by atoms with van der Waals surface area (Å²) in [4.78, 5) is 9.49. The second-order valence-corrected chi connectivity index (χ2v) is 5.49. The van der Waals surface area contributed by atoms with Crippen LogP contribution in [-0.2, 0) is 5.41 Å². The molecule has 1 fully saturated rings. The second-order valence-electron chi connectivity index (χ2n) is 4.60. The zero-order valence-electron chi connectivity index (χ0n) is 9.64. The van der Waals surface area contributed by atoms with Crippen molar-refractivity contribution in [2.24, 2.45) is 0 Å². The summed E-state index contributed by atoms with van der Waals surface area (Å²) >= 11 is 1.53. The van der Waals surface area contributed by atoms with Crippen LogP contribution in [0.4, 0.5) is 0 Å². The quantitative estimate of drug-likeness (QED) is 0.881. The van der Waals surface area contributed by atoms with E-state index in [4.69, 9.17) is 4.52 Å². The maximum absolute atomic E-state index is 5.42. The molecule has 0 amide bonds. The van der Waals surface area contributed by atoms with Crippen molar-refractivity contribution < 1.29 is 4.52 Å². The molecule has 1 N–H and O–H groups in total. The normalized spacial score (nSPS) is 19.4. The molecule has 1 aliphatic heterocycles. The third-order valence-corrected chi connectivity index (χ3v) is 4.07. The first-order chi connectivity index (χ1) is 8.28. The molecule has 90 valence electrons. The molecule has 0 spiro atoms. The standard InChI is InChI=1S/C11H14N4OS/c1-11(2-4-12-5-3-11)10-14-9(15-16-10)8-6-13-7-17-8/h6-7,12H,2-5H2,1H3. The Hall–Kier alpha value is -1.27. The molecule has 0 radical (unpaired) electrons. The highest BCUT2D eigenvalue weighted by molar-refractivity contribution is 7.13. The van der Waals surface area contributed by atoms with Gasteiger partial charge >= 0.3 is 0 Å². The first kappa shape index (κ1) is 10.9. The largest absolute Gasteiger partial charge is 0.338 e. The number of nitrogens with one attached hydrogen (secondary N) is 1. The Kier molecular flexibility index (Phi) is 2.68. The molecule has 1 saturated heterocycles. The van der Waals surface area contributed by atoms with Crippen molar-refractivity contribution in [1.82, 2.24) is 20.4 Å². The van der Waals surface area contributed by atoms with Crippen LogP contribution >= 0.6 is 11.3 Å². The fourth-order valence-electron chi connectivity index (χ4n) is 2.09. The lowest BCUT2D eigenvalue weighted by atomic mass is 9.81. The summed E-state index contributed by atoms with van der Waals surface area (Å²) in [5, 5.41) is 7.39. The van der Waals surface area contributed by atoms with E-state index in [9.17, 15) is 0 Å². The van der Waals surface area contributed by atoms with Crippen LogP contribution in [0.5, 0.6) is 0 Å². The number of piperidine rings is 1. The van der Waals surface area contributed by atoms with Gasteiger partial charge in [-0.05, 0) is 25.9 Å². The van der Waals surface area contributed by atoms with Crippen LogP contribution in [0, 0.1) is 0 Å². The first-order valence-electron chi connectivity index (χ1n) is 5.72. The topological polar surface area (TPSA) is 63.8 Å². The van der Waals surface area contributed by atoms with Gasteiger partial charge in [-0.1, -0.05) is 12.1 Å². The highest BCUT2D eigenvalue weighted by Crippen LogP contribution is 2.33. The maximum Gasteiger partial charge on any atom is 0.233 e. The molecule has 2 aromatic rings. The lowest BCUT2D eigenvalue weighted by Crippen LogP contribution is -2.37. The number of hydrogen-bond donors (Lipinski definition) is 1. The van der Waals surface area contributed by atoms with Gasteiger partial charge in [-0.25, -0.2) is 0 Å². The molecule has 0 aliphatic carbocycles.